The van der Waals surface area contributed by atoms with Crippen molar-refractivity contribution in [2.24, 2.45) is 0 Å². The summed E-state index contributed by atoms with van der Waals surface area (Å²) >= 11 is 0.971. The van der Waals surface area contributed by atoms with E-state index in [2.05, 4.69) is 13.6 Å². The maximum Gasteiger partial charge on any atom is 0.264 e. The number of benzene rings is 2. The first-order valence-corrected chi connectivity index (χ1v) is 8.27. The van der Waals surface area contributed by atoms with Crippen LogP contribution in [0, 0.1) is 0 Å². The van der Waals surface area contributed by atoms with Gasteiger partial charge in [-0.2, -0.15) is 8.75 Å². The molecule has 3 rings (SSSR count). The second kappa shape index (κ2) is 5.86. The van der Waals surface area contributed by atoms with Crippen LogP contribution in [-0.2, 0) is 21.5 Å². The van der Waals surface area contributed by atoms with E-state index in [1.807, 2.05) is 30.3 Å². The fourth-order valence-electron chi connectivity index (χ4n) is 1.81. The Labute approximate surface area is 125 Å². The molecule has 0 aliphatic rings. The minimum Gasteiger partial charge on any atom is -0.282 e. The monoisotopic (exact) mass is 321 g/mol. The van der Waals surface area contributed by atoms with Crippen LogP contribution in [0.25, 0.3) is 11.0 Å². The van der Waals surface area contributed by atoms with Crippen molar-refractivity contribution >= 4 is 32.8 Å². The van der Waals surface area contributed by atoms with Gasteiger partial charge >= 0.3 is 0 Å². The molecular weight excluding hydrogens is 310 g/mol. The molecule has 0 bridgehead atoms. The minimum atomic E-state index is -3.79. The van der Waals surface area contributed by atoms with Gasteiger partial charge in [0.25, 0.3) is 10.0 Å². The summed E-state index contributed by atoms with van der Waals surface area (Å²) in [5.41, 5.74) is 1.76. The van der Waals surface area contributed by atoms with Crippen LogP contribution in [0.1, 0.15) is 5.56 Å². The molecule has 0 radical (unpaired) electrons. The fourth-order valence-corrected chi connectivity index (χ4v) is 3.38. The van der Waals surface area contributed by atoms with Gasteiger partial charge in [-0.3, -0.25) is 4.84 Å². The molecule has 0 aliphatic heterocycles. The molecule has 0 atom stereocenters. The average Bonchev–Trinajstić information content (AvgIpc) is 2.96. The molecule has 6 nitrogen and oxygen atoms in total. The first-order chi connectivity index (χ1) is 10.2. The molecule has 0 fully saturated rings. The van der Waals surface area contributed by atoms with Crippen molar-refractivity contribution in [3.63, 3.8) is 0 Å². The van der Waals surface area contributed by atoms with Crippen LogP contribution >= 0.6 is 11.7 Å². The summed E-state index contributed by atoms with van der Waals surface area (Å²) in [6, 6.07) is 14.1. The van der Waals surface area contributed by atoms with Crippen molar-refractivity contribution in [1.82, 2.24) is 13.6 Å². The molecule has 8 heteroatoms. The van der Waals surface area contributed by atoms with E-state index < -0.39 is 10.0 Å². The molecule has 0 saturated carbocycles. The standard InChI is InChI=1S/C13H11N3O3S2/c17-21(18,16-19-9-10-5-2-1-3-6-10)12-8-4-7-11-13(12)15-20-14-11/h1-8,16H,9H2. The summed E-state index contributed by atoms with van der Waals surface area (Å²) in [6.07, 6.45) is 0. The molecule has 0 saturated heterocycles. The summed E-state index contributed by atoms with van der Waals surface area (Å²) in [5.74, 6) is 0. The van der Waals surface area contributed by atoms with Gasteiger partial charge in [-0.15, -0.1) is 0 Å². The van der Waals surface area contributed by atoms with Crippen molar-refractivity contribution in [2.75, 3.05) is 0 Å². The molecule has 0 unspecified atom stereocenters. The normalized spacial score (nSPS) is 11.8. The Balaban J connectivity index is 1.77. The van der Waals surface area contributed by atoms with Gasteiger partial charge in [0.15, 0.2) is 0 Å². The van der Waals surface area contributed by atoms with E-state index in [0.29, 0.717) is 11.0 Å². The van der Waals surface area contributed by atoms with Crippen LogP contribution in [0.2, 0.25) is 0 Å². The summed E-state index contributed by atoms with van der Waals surface area (Å²) in [7, 11) is -3.79. The Morgan fingerprint density at radius 1 is 1.05 bits per heavy atom. The number of fused-ring (bicyclic) bond motifs is 1. The Bertz CT molecular complexity index is 847. The average molecular weight is 321 g/mol. The zero-order valence-electron chi connectivity index (χ0n) is 10.8. The van der Waals surface area contributed by atoms with E-state index in [9.17, 15) is 8.42 Å². The van der Waals surface area contributed by atoms with Gasteiger partial charge in [-0.1, -0.05) is 41.3 Å². The zero-order valence-corrected chi connectivity index (χ0v) is 12.4. The third-order valence-corrected chi connectivity index (χ3v) is 4.58. The summed E-state index contributed by atoms with van der Waals surface area (Å²) in [6.45, 7) is 0.144. The fraction of sp³-hybridized carbons (Fsp3) is 0.0769. The van der Waals surface area contributed by atoms with Gasteiger partial charge in [0.1, 0.15) is 15.9 Å². The number of rotatable bonds is 5. The molecule has 1 heterocycles. The van der Waals surface area contributed by atoms with E-state index in [1.54, 1.807) is 12.1 Å². The largest absolute Gasteiger partial charge is 0.282 e. The first kappa shape index (κ1) is 14.1. The molecule has 0 spiro atoms. The molecule has 108 valence electrons. The van der Waals surface area contributed by atoms with Gasteiger partial charge in [-0.05, 0) is 17.7 Å². The third kappa shape index (κ3) is 3.08. The van der Waals surface area contributed by atoms with Gasteiger partial charge in [0, 0.05) is 0 Å². The smallest absolute Gasteiger partial charge is 0.264 e. The highest BCUT2D eigenvalue weighted by atomic mass is 32.2. The van der Waals surface area contributed by atoms with E-state index in [-0.39, 0.29) is 11.5 Å². The number of aromatic nitrogens is 2. The van der Waals surface area contributed by atoms with Crippen molar-refractivity contribution in [3.8, 4) is 0 Å². The lowest BCUT2D eigenvalue weighted by molar-refractivity contribution is 0.0796. The van der Waals surface area contributed by atoms with Crippen LogP contribution < -0.4 is 4.89 Å². The Morgan fingerprint density at radius 2 is 1.86 bits per heavy atom. The Kier molecular flexibility index (Phi) is 3.93. The molecule has 2 aromatic carbocycles. The predicted octanol–water partition coefficient (Wildman–Crippen LogP) is 2.10. The number of nitrogens with zero attached hydrogens (tertiary/aromatic N) is 2. The molecular formula is C13H11N3O3S2. The summed E-state index contributed by atoms with van der Waals surface area (Å²) in [4.78, 5) is 7.25. The lowest BCUT2D eigenvalue weighted by Gasteiger charge is -2.07. The topological polar surface area (TPSA) is 81.2 Å². The molecule has 0 aliphatic carbocycles. The van der Waals surface area contributed by atoms with Crippen LogP contribution in [0.15, 0.2) is 53.4 Å². The zero-order chi connectivity index (χ0) is 14.7. The summed E-state index contributed by atoms with van der Waals surface area (Å²) in [5, 5.41) is 0. The van der Waals surface area contributed by atoms with E-state index in [1.165, 1.54) is 6.07 Å². The SMILES string of the molecule is O=S(=O)(NOCc1ccccc1)c1cccc2nsnc12. The van der Waals surface area contributed by atoms with Crippen LogP contribution in [0.3, 0.4) is 0 Å². The van der Waals surface area contributed by atoms with Gasteiger partial charge in [0.2, 0.25) is 0 Å². The third-order valence-electron chi connectivity index (χ3n) is 2.79. The van der Waals surface area contributed by atoms with Crippen molar-refractivity contribution in [2.45, 2.75) is 11.5 Å². The number of hydrogen-bond donors (Lipinski definition) is 1. The van der Waals surface area contributed by atoms with E-state index in [0.717, 1.165) is 17.3 Å². The Hall–Kier alpha value is -1.87. The summed E-state index contributed by atoms with van der Waals surface area (Å²) < 4.78 is 32.5. The van der Waals surface area contributed by atoms with Crippen molar-refractivity contribution in [1.29, 1.82) is 0 Å². The number of sulfonamides is 1. The van der Waals surface area contributed by atoms with E-state index in [4.69, 9.17) is 4.84 Å². The lowest BCUT2D eigenvalue weighted by atomic mass is 10.2. The first-order valence-electron chi connectivity index (χ1n) is 6.05. The van der Waals surface area contributed by atoms with Crippen LogP contribution in [0.4, 0.5) is 0 Å². The Morgan fingerprint density at radius 3 is 2.67 bits per heavy atom. The number of nitrogens with one attached hydrogen (secondary N) is 1. The maximum absolute atomic E-state index is 12.2. The molecule has 1 aromatic heterocycles. The van der Waals surface area contributed by atoms with Gasteiger partial charge in [-0.25, -0.2) is 8.42 Å². The predicted molar refractivity (Wildman–Crippen MR) is 79.0 cm³/mol. The number of hydrogen-bond acceptors (Lipinski definition) is 6. The highest BCUT2D eigenvalue weighted by Gasteiger charge is 2.19. The van der Waals surface area contributed by atoms with Crippen molar-refractivity contribution in [3.05, 3.63) is 54.1 Å². The highest BCUT2D eigenvalue weighted by molar-refractivity contribution is 7.89. The second-order valence-electron chi connectivity index (χ2n) is 4.25. The molecule has 3 aromatic rings. The van der Waals surface area contributed by atoms with Gasteiger partial charge < -0.3 is 0 Å². The van der Waals surface area contributed by atoms with Gasteiger partial charge in [0.05, 0.1) is 18.3 Å². The molecule has 21 heavy (non-hydrogen) atoms. The highest BCUT2D eigenvalue weighted by Crippen LogP contribution is 2.20. The van der Waals surface area contributed by atoms with Crippen LogP contribution in [-0.4, -0.2) is 17.2 Å². The molecule has 1 N–H and O–H groups in total. The van der Waals surface area contributed by atoms with E-state index >= 15 is 0 Å². The maximum atomic E-state index is 12.2. The van der Waals surface area contributed by atoms with Crippen molar-refractivity contribution < 1.29 is 13.3 Å². The second-order valence-corrected chi connectivity index (χ2v) is 6.39. The lowest BCUT2D eigenvalue weighted by Crippen LogP contribution is -2.24. The van der Waals surface area contributed by atoms with Crippen LogP contribution in [0.5, 0.6) is 0 Å². The minimum absolute atomic E-state index is 0.0572. The molecule has 0 amide bonds. The quantitative estimate of drug-likeness (QED) is 0.728.